The summed E-state index contributed by atoms with van der Waals surface area (Å²) in [6.45, 7) is 3.28. The van der Waals surface area contributed by atoms with Gasteiger partial charge in [0.15, 0.2) is 11.5 Å². The van der Waals surface area contributed by atoms with Crippen LogP contribution in [-0.2, 0) is 6.54 Å². The highest BCUT2D eigenvalue weighted by molar-refractivity contribution is 14.1. The zero-order chi connectivity index (χ0) is 16.8. The Morgan fingerprint density at radius 3 is 2.70 bits per heavy atom. The van der Waals surface area contributed by atoms with Crippen molar-refractivity contribution in [1.82, 2.24) is 0 Å². The largest absolute Gasteiger partial charge is 0.493 e. The van der Waals surface area contributed by atoms with Crippen molar-refractivity contribution >= 4 is 39.9 Å². The summed E-state index contributed by atoms with van der Waals surface area (Å²) < 4.78 is 25.3. The first-order chi connectivity index (χ1) is 11.0. The summed E-state index contributed by atoms with van der Waals surface area (Å²) in [5, 5.41) is 3.32. The summed E-state index contributed by atoms with van der Waals surface area (Å²) in [5.74, 6) is 1.05. The predicted octanol–water partition coefficient (Wildman–Crippen LogP) is 5.49. The van der Waals surface area contributed by atoms with Gasteiger partial charge in [-0.2, -0.15) is 0 Å². The zero-order valence-corrected chi connectivity index (χ0v) is 15.9. The fourth-order valence-electron chi connectivity index (χ4n) is 2.03. The second-order valence-corrected chi connectivity index (χ2v) is 6.51. The topological polar surface area (TPSA) is 30.5 Å². The fourth-order valence-corrected chi connectivity index (χ4v) is 3.03. The number of rotatable bonds is 7. The van der Waals surface area contributed by atoms with Gasteiger partial charge in [0.25, 0.3) is 0 Å². The SMILES string of the molecule is CCCOc1c(I)cc(CNc2ccc(F)c(Cl)c2)cc1OC. The molecule has 0 aliphatic heterocycles. The summed E-state index contributed by atoms with van der Waals surface area (Å²) in [6, 6.07) is 8.54. The van der Waals surface area contributed by atoms with E-state index in [1.807, 2.05) is 12.1 Å². The van der Waals surface area contributed by atoms with E-state index in [0.717, 1.165) is 27.0 Å². The van der Waals surface area contributed by atoms with Crippen LogP contribution in [0.4, 0.5) is 10.1 Å². The molecule has 0 heterocycles. The van der Waals surface area contributed by atoms with E-state index in [0.29, 0.717) is 18.9 Å². The van der Waals surface area contributed by atoms with Gasteiger partial charge in [-0.05, 0) is 64.9 Å². The van der Waals surface area contributed by atoms with Crippen LogP contribution in [0.5, 0.6) is 11.5 Å². The smallest absolute Gasteiger partial charge is 0.174 e. The second kappa shape index (κ2) is 8.59. The van der Waals surface area contributed by atoms with Gasteiger partial charge in [-0.15, -0.1) is 0 Å². The van der Waals surface area contributed by atoms with Gasteiger partial charge in [-0.3, -0.25) is 0 Å². The van der Waals surface area contributed by atoms with Gasteiger partial charge in [-0.1, -0.05) is 18.5 Å². The first kappa shape index (κ1) is 18.1. The van der Waals surface area contributed by atoms with Crippen molar-refractivity contribution in [2.24, 2.45) is 0 Å². The Labute approximate surface area is 154 Å². The molecule has 2 aromatic carbocycles. The van der Waals surface area contributed by atoms with E-state index in [-0.39, 0.29) is 5.02 Å². The summed E-state index contributed by atoms with van der Waals surface area (Å²) in [6.07, 6.45) is 0.938. The Morgan fingerprint density at radius 2 is 2.04 bits per heavy atom. The summed E-state index contributed by atoms with van der Waals surface area (Å²) in [5.41, 5.74) is 1.80. The number of nitrogens with one attached hydrogen (secondary N) is 1. The molecule has 124 valence electrons. The maximum Gasteiger partial charge on any atom is 0.174 e. The Bertz CT molecular complexity index is 682. The molecule has 0 aromatic heterocycles. The molecule has 6 heteroatoms. The number of ether oxygens (including phenoxy) is 2. The number of anilines is 1. The Morgan fingerprint density at radius 1 is 1.26 bits per heavy atom. The normalized spacial score (nSPS) is 10.5. The van der Waals surface area contributed by atoms with E-state index in [1.54, 1.807) is 19.2 Å². The molecule has 3 nitrogen and oxygen atoms in total. The van der Waals surface area contributed by atoms with Gasteiger partial charge in [0.2, 0.25) is 0 Å². The van der Waals surface area contributed by atoms with E-state index >= 15 is 0 Å². The third-order valence-corrected chi connectivity index (χ3v) is 4.25. The molecule has 0 aliphatic rings. The monoisotopic (exact) mass is 449 g/mol. The number of benzene rings is 2. The van der Waals surface area contributed by atoms with E-state index in [2.05, 4.69) is 34.8 Å². The van der Waals surface area contributed by atoms with Crippen LogP contribution in [0.1, 0.15) is 18.9 Å². The predicted molar refractivity (Wildman–Crippen MR) is 100 cm³/mol. The van der Waals surface area contributed by atoms with E-state index in [1.165, 1.54) is 6.07 Å². The lowest BCUT2D eigenvalue weighted by atomic mass is 10.2. The van der Waals surface area contributed by atoms with Crippen molar-refractivity contribution in [1.29, 1.82) is 0 Å². The lowest BCUT2D eigenvalue weighted by Crippen LogP contribution is -2.04. The van der Waals surface area contributed by atoms with Crippen LogP contribution >= 0.6 is 34.2 Å². The van der Waals surface area contributed by atoms with Gasteiger partial charge in [0.05, 0.1) is 22.3 Å². The molecule has 0 spiro atoms. The summed E-state index contributed by atoms with van der Waals surface area (Å²) in [4.78, 5) is 0. The number of halogens is 3. The second-order valence-electron chi connectivity index (χ2n) is 4.94. The number of methoxy groups -OCH3 is 1. The fraction of sp³-hybridized carbons (Fsp3) is 0.294. The van der Waals surface area contributed by atoms with Crippen LogP contribution in [0.2, 0.25) is 5.02 Å². The standard InChI is InChI=1S/C17H18ClFINO2/c1-3-6-23-17-15(20)7-11(8-16(17)22-2)10-21-12-4-5-14(19)13(18)9-12/h4-5,7-9,21H,3,6,10H2,1-2H3. The molecule has 0 fully saturated rings. The molecule has 0 bridgehead atoms. The Balaban J connectivity index is 2.13. The van der Waals surface area contributed by atoms with Crippen molar-refractivity contribution in [2.75, 3.05) is 19.0 Å². The van der Waals surface area contributed by atoms with Crippen LogP contribution in [0.25, 0.3) is 0 Å². The van der Waals surface area contributed by atoms with Crippen LogP contribution < -0.4 is 14.8 Å². The van der Waals surface area contributed by atoms with Crippen molar-refractivity contribution in [3.63, 3.8) is 0 Å². The van der Waals surface area contributed by atoms with Crippen LogP contribution in [0.15, 0.2) is 30.3 Å². The molecule has 0 amide bonds. The van der Waals surface area contributed by atoms with E-state index in [4.69, 9.17) is 21.1 Å². The molecule has 0 radical (unpaired) electrons. The molecule has 0 unspecified atom stereocenters. The van der Waals surface area contributed by atoms with Crippen molar-refractivity contribution in [3.8, 4) is 11.5 Å². The molecule has 0 saturated carbocycles. The van der Waals surface area contributed by atoms with Gasteiger partial charge < -0.3 is 14.8 Å². The molecular formula is C17H18ClFINO2. The highest BCUT2D eigenvalue weighted by atomic mass is 127. The van der Waals surface area contributed by atoms with E-state index in [9.17, 15) is 4.39 Å². The molecule has 0 atom stereocenters. The minimum Gasteiger partial charge on any atom is -0.493 e. The minimum absolute atomic E-state index is 0.102. The molecule has 2 rings (SSSR count). The molecule has 2 aromatic rings. The van der Waals surface area contributed by atoms with Crippen LogP contribution in [0, 0.1) is 9.39 Å². The highest BCUT2D eigenvalue weighted by Crippen LogP contribution is 2.34. The first-order valence-corrected chi connectivity index (χ1v) is 8.69. The molecule has 0 aliphatic carbocycles. The molecule has 1 N–H and O–H groups in total. The van der Waals surface area contributed by atoms with Crippen molar-refractivity contribution in [3.05, 3.63) is 50.3 Å². The number of hydrogen-bond donors (Lipinski definition) is 1. The van der Waals surface area contributed by atoms with Crippen molar-refractivity contribution in [2.45, 2.75) is 19.9 Å². The van der Waals surface area contributed by atoms with Crippen LogP contribution in [0.3, 0.4) is 0 Å². The van der Waals surface area contributed by atoms with Crippen LogP contribution in [-0.4, -0.2) is 13.7 Å². The van der Waals surface area contributed by atoms with Crippen molar-refractivity contribution < 1.29 is 13.9 Å². The third kappa shape index (κ3) is 4.88. The minimum atomic E-state index is -0.425. The maximum absolute atomic E-state index is 13.2. The van der Waals surface area contributed by atoms with Gasteiger partial charge in [0, 0.05) is 12.2 Å². The molecular weight excluding hydrogens is 432 g/mol. The van der Waals surface area contributed by atoms with Gasteiger partial charge in [0.1, 0.15) is 5.82 Å². The average Bonchev–Trinajstić information content (AvgIpc) is 2.54. The zero-order valence-electron chi connectivity index (χ0n) is 13.0. The maximum atomic E-state index is 13.2. The number of hydrogen-bond acceptors (Lipinski definition) is 3. The highest BCUT2D eigenvalue weighted by Gasteiger charge is 2.11. The quantitative estimate of drug-likeness (QED) is 0.567. The molecule has 23 heavy (non-hydrogen) atoms. The first-order valence-electron chi connectivity index (χ1n) is 7.23. The van der Waals surface area contributed by atoms with E-state index < -0.39 is 5.82 Å². The average molecular weight is 450 g/mol. The summed E-state index contributed by atoms with van der Waals surface area (Å²) >= 11 is 8.02. The lowest BCUT2D eigenvalue weighted by Gasteiger charge is -2.15. The molecule has 0 saturated heterocycles. The Kier molecular flexibility index (Phi) is 6.77. The van der Waals surface area contributed by atoms with Gasteiger partial charge in [-0.25, -0.2) is 4.39 Å². The Hall–Kier alpha value is -1.21. The lowest BCUT2D eigenvalue weighted by molar-refractivity contribution is 0.292. The third-order valence-electron chi connectivity index (χ3n) is 3.16. The van der Waals surface area contributed by atoms with Gasteiger partial charge >= 0.3 is 0 Å². The summed E-state index contributed by atoms with van der Waals surface area (Å²) in [7, 11) is 1.63.